The summed E-state index contributed by atoms with van der Waals surface area (Å²) in [5.74, 6) is 0.00277. The Hall–Kier alpha value is -3.20. The first-order valence-corrected chi connectivity index (χ1v) is 10.9. The Bertz CT molecular complexity index is 1270. The molecule has 3 aliphatic rings. The number of aromatic nitrogens is 1. The number of rotatable bonds is 3. The first kappa shape index (κ1) is 19.5. The molecule has 0 unspecified atom stereocenters. The van der Waals surface area contributed by atoms with Crippen molar-refractivity contribution >= 4 is 38.5 Å². The Labute approximate surface area is 184 Å². The van der Waals surface area contributed by atoms with Gasteiger partial charge in [0.25, 0.3) is 0 Å². The molecule has 1 saturated heterocycles. The van der Waals surface area contributed by atoms with E-state index in [4.69, 9.17) is 4.74 Å². The van der Waals surface area contributed by atoms with E-state index in [1.165, 1.54) is 28.4 Å². The summed E-state index contributed by atoms with van der Waals surface area (Å²) < 4.78 is 44.6. The largest absolute Gasteiger partial charge is 0.457 e. The fourth-order valence-corrected chi connectivity index (χ4v) is 6.00. The van der Waals surface area contributed by atoms with Crippen molar-refractivity contribution in [2.24, 2.45) is 23.7 Å². The third-order valence-electron chi connectivity index (χ3n) is 6.43. The van der Waals surface area contributed by atoms with Gasteiger partial charge in [-0.05, 0) is 54.7 Å². The predicted molar refractivity (Wildman–Crippen MR) is 111 cm³/mol. The number of halogens is 3. The highest BCUT2D eigenvalue weighted by atomic mass is 32.1. The summed E-state index contributed by atoms with van der Waals surface area (Å²) in [6, 6.07) is 9.49. The number of anilines is 1. The molecule has 9 heteroatoms. The van der Waals surface area contributed by atoms with Gasteiger partial charge in [0.1, 0.15) is 11.5 Å². The molecule has 2 aliphatic carbocycles. The van der Waals surface area contributed by atoms with Crippen molar-refractivity contribution < 1.29 is 27.5 Å². The number of fused-ring (bicyclic) bond motifs is 6. The second-order valence-electron chi connectivity index (χ2n) is 8.26. The Kier molecular flexibility index (Phi) is 4.05. The Morgan fingerprint density at radius 3 is 2.19 bits per heavy atom. The van der Waals surface area contributed by atoms with Crippen LogP contribution in [0.15, 0.2) is 54.6 Å². The van der Waals surface area contributed by atoms with Gasteiger partial charge in [0.15, 0.2) is 5.13 Å². The fraction of sp³-hybridized carbons (Fsp3) is 0.261. The van der Waals surface area contributed by atoms with Gasteiger partial charge in [0.2, 0.25) is 11.8 Å². The van der Waals surface area contributed by atoms with Crippen LogP contribution in [-0.2, 0) is 15.8 Å². The van der Waals surface area contributed by atoms with Gasteiger partial charge in [-0.3, -0.25) is 9.59 Å². The van der Waals surface area contributed by atoms with E-state index in [1.54, 1.807) is 18.2 Å². The van der Waals surface area contributed by atoms with Crippen molar-refractivity contribution in [2.75, 3.05) is 4.90 Å². The normalized spacial score (nSPS) is 26.4. The van der Waals surface area contributed by atoms with Crippen LogP contribution in [0.4, 0.5) is 18.3 Å². The molecule has 2 aromatic carbocycles. The van der Waals surface area contributed by atoms with Crippen molar-refractivity contribution in [1.29, 1.82) is 0 Å². The van der Waals surface area contributed by atoms with E-state index in [9.17, 15) is 22.8 Å². The minimum Gasteiger partial charge on any atom is -0.457 e. The number of carbonyl (C=O) groups excluding carboxylic acids is 2. The van der Waals surface area contributed by atoms with Gasteiger partial charge >= 0.3 is 6.18 Å². The zero-order chi connectivity index (χ0) is 22.2. The molecule has 0 radical (unpaired) electrons. The first-order valence-electron chi connectivity index (χ1n) is 10.1. The lowest BCUT2D eigenvalue weighted by molar-refractivity contribution is -0.137. The lowest BCUT2D eigenvalue weighted by Crippen LogP contribution is -2.32. The second kappa shape index (κ2) is 6.65. The molecule has 6 rings (SSSR count). The molecule has 32 heavy (non-hydrogen) atoms. The molecular weight excluding hydrogens is 441 g/mol. The summed E-state index contributed by atoms with van der Waals surface area (Å²) in [5, 5.41) is 0.343. The molecule has 2 amide bonds. The Morgan fingerprint density at radius 2 is 1.56 bits per heavy atom. The standard InChI is InChI=1S/C23H15F3N2O3S/c24-23(25,26)13-3-5-14(6-4-13)31-15-7-8-16-17(10-15)32-22(27-16)28-20(29)18-11-1-2-12(9-11)19(18)21(28)30/h1-8,10-12,18-19H,9H2/t11-,12+,18-,19+. The number of imide groups is 1. The third-order valence-corrected chi connectivity index (χ3v) is 7.43. The summed E-state index contributed by atoms with van der Waals surface area (Å²) in [5.41, 5.74) is -0.135. The first-order chi connectivity index (χ1) is 15.3. The van der Waals surface area contributed by atoms with E-state index >= 15 is 0 Å². The maximum atomic E-state index is 13.0. The fourth-order valence-electron chi connectivity index (χ4n) is 4.99. The lowest BCUT2D eigenvalue weighted by Gasteiger charge is -2.14. The highest BCUT2D eigenvalue weighted by Gasteiger charge is 2.60. The van der Waals surface area contributed by atoms with E-state index in [0.717, 1.165) is 18.6 Å². The minimum absolute atomic E-state index is 0.129. The Balaban J connectivity index is 1.26. The number of allylic oxidation sites excluding steroid dienone is 2. The number of hydrogen-bond acceptors (Lipinski definition) is 5. The van der Waals surface area contributed by atoms with E-state index in [1.807, 2.05) is 12.2 Å². The summed E-state index contributed by atoms with van der Waals surface area (Å²) >= 11 is 1.22. The molecule has 1 saturated carbocycles. The zero-order valence-corrected chi connectivity index (χ0v) is 17.2. The predicted octanol–water partition coefficient (Wildman–Crippen LogP) is 5.42. The minimum atomic E-state index is -4.41. The van der Waals surface area contributed by atoms with Gasteiger partial charge in [-0.25, -0.2) is 9.88 Å². The molecule has 4 atom stereocenters. The SMILES string of the molecule is O=C1[C@@H]2[C@H](C(=O)N1c1nc3ccc(Oc4ccc(C(F)(F)F)cc4)cc3s1)[C@@H]1C=C[C@H]2C1. The summed E-state index contributed by atoms with van der Waals surface area (Å²) in [4.78, 5) is 31.7. The lowest BCUT2D eigenvalue weighted by atomic mass is 9.85. The van der Waals surface area contributed by atoms with Gasteiger partial charge in [0.05, 0.1) is 27.6 Å². The highest BCUT2D eigenvalue weighted by molar-refractivity contribution is 7.22. The topological polar surface area (TPSA) is 59.5 Å². The van der Waals surface area contributed by atoms with E-state index in [0.29, 0.717) is 21.1 Å². The second-order valence-corrected chi connectivity index (χ2v) is 9.27. The van der Waals surface area contributed by atoms with Crippen LogP contribution >= 0.6 is 11.3 Å². The van der Waals surface area contributed by atoms with Crippen molar-refractivity contribution in [3.05, 3.63) is 60.2 Å². The summed E-state index contributed by atoms with van der Waals surface area (Å²) in [6.07, 6.45) is 0.549. The van der Waals surface area contributed by atoms with E-state index < -0.39 is 11.7 Å². The van der Waals surface area contributed by atoms with Gasteiger partial charge < -0.3 is 4.74 Å². The number of hydrogen-bond donors (Lipinski definition) is 0. The van der Waals surface area contributed by atoms with Gasteiger partial charge in [-0.2, -0.15) is 13.2 Å². The quantitative estimate of drug-likeness (QED) is 0.390. The van der Waals surface area contributed by atoms with E-state index in [-0.39, 0.29) is 41.2 Å². The van der Waals surface area contributed by atoms with Crippen LogP contribution in [0.5, 0.6) is 11.5 Å². The third kappa shape index (κ3) is 2.87. The van der Waals surface area contributed by atoms with E-state index in [2.05, 4.69) is 4.98 Å². The molecule has 2 heterocycles. The smallest absolute Gasteiger partial charge is 0.416 e. The van der Waals surface area contributed by atoms with Crippen molar-refractivity contribution in [2.45, 2.75) is 12.6 Å². The summed E-state index contributed by atoms with van der Waals surface area (Å²) in [7, 11) is 0. The maximum Gasteiger partial charge on any atom is 0.416 e. The number of carbonyl (C=O) groups is 2. The number of amides is 2. The average Bonchev–Trinajstić information content (AvgIpc) is 3.50. The number of nitrogens with zero attached hydrogens (tertiary/aromatic N) is 2. The molecule has 5 nitrogen and oxygen atoms in total. The number of thiazole rings is 1. The van der Waals surface area contributed by atoms with Crippen LogP contribution in [0, 0.1) is 23.7 Å². The molecule has 2 fully saturated rings. The Morgan fingerprint density at radius 1 is 0.938 bits per heavy atom. The van der Waals surface area contributed by atoms with Crippen LogP contribution in [0.1, 0.15) is 12.0 Å². The summed E-state index contributed by atoms with van der Waals surface area (Å²) in [6.45, 7) is 0. The number of benzene rings is 2. The van der Waals surface area contributed by atoms with Crippen LogP contribution in [0.25, 0.3) is 10.2 Å². The number of ether oxygens (including phenoxy) is 1. The van der Waals surface area contributed by atoms with Crippen molar-refractivity contribution in [1.82, 2.24) is 4.98 Å². The molecular formula is C23H15F3N2O3S. The maximum absolute atomic E-state index is 13.0. The molecule has 2 bridgehead atoms. The van der Waals surface area contributed by atoms with Gasteiger partial charge in [-0.15, -0.1) is 0 Å². The average molecular weight is 456 g/mol. The molecule has 0 spiro atoms. The molecule has 3 aromatic rings. The van der Waals surface area contributed by atoms with Gasteiger partial charge in [-0.1, -0.05) is 23.5 Å². The van der Waals surface area contributed by atoms with Crippen molar-refractivity contribution in [3.63, 3.8) is 0 Å². The molecule has 1 aliphatic heterocycles. The molecule has 162 valence electrons. The van der Waals surface area contributed by atoms with Crippen LogP contribution in [-0.4, -0.2) is 16.8 Å². The van der Waals surface area contributed by atoms with Crippen LogP contribution in [0.3, 0.4) is 0 Å². The molecule has 1 aromatic heterocycles. The monoisotopic (exact) mass is 456 g/mol. The highest BCUT2D eigenvalue weighted by Crippen LogP contribution is 2.53. The molecule has 0 N–H and O–H groups in total. The van der Waals surface area contributed by atoms with Crippen molar-refractivity contribution in [3.8, 4) is 11.5 Å². The number of alkyl halides is 3. The van der Waals surface area contributed by atoms with Crippen LogP contribution < -0.4 is 9.64 Å². The zero-order valence-electron chi connectivity index (χ0n) is 16.4. The van der Waals surface area contributed by atoms with Crippen LogP contribution in [0.2, 0.25) is 0 Å². The van der Waals surface area contributed by atoms with Gasteiger partial charge in [0, 0.05) is 6.07 Å².